The third-order valence-corrected chi connectivity index (χ3v) is 2.84. The summed E-state index contributed by atoms with van der Waals surface area (Å²) in [6.07, 6.45) is -0.0112. The first-order valence-corrected chi connectivity index (χ1v) is 8.19. The number of hydrogen-bond acceptors (Lipinski definition) is 9. The highest BCUT2D eigenvalue weighted by molar-refractivity contribution is 5.95. The van der Waals surface area contributed by atoms with Crippen molar-refractivity contribution < 1.29 is 43.4 Å². The summed E-state index contributed by atoms with van der Waals surface area (Å²) in [6, 6.07) is 2.24. The minimum atomic E-state index is -0.845. The van der Waals surface area contributed by atoms with Gasteiger partial charge in [0.25, 0.3) is 11.7 Å². The Balaban J connectivity index is 0.00000165. The molecule has 0 amide bonds. The smallest absolute Gasteiger partial charge is 0.345 e. The van der Waals surface area contributed by atoms with Gasteiger partial charge in [-0.2, -0.15) is 0 Å². The quantitative estimate of drug-likeness (QED) is 0.370. The molecule has 0 saturated heterocycles. The van der Waals surface area contributed by atoms with E-state index in [9.17, 15) is 19.7 Å². The van der Waals surface area contributed by atoms with Crippen LogP contribution in [0.5, 0.6) is 11.5 Å². The lowest BCUT2D eigenvalue weighted by molar-refractivity contribution is -0.385. The number of nitrogens with zero attached hydrogens (tertiary/aromatic N) is 1. The number of methoxy groups -OCH3 is 1. The normalized spacial score (nSPS) is 9.43. The minimum Gasteiger partial charge on any atom is -0.493 e. The molecule has 0 saturated carbocycles. The molecule has 1 N–H and O–H groups in total. The molecular weight excluding hydrogens is 378 g/mol. The predicted molar refractivity (Wildman–Crippen MR) is 95.7 cm³/mol. The summed E-state index contributed by atoms with van der Waals surface area (Å²) in [6.45, 7) is 4.65. The average molecular weight is 401 g/mol. The van der Waals surface area contributed by atoms with E-state index < -0.39 is 28.5 Å². The van der Waals surface area contributed by atoms with Gasteiger partial charge in [0.1, 0.15) is 5.56 Å². The van der Waals surface area contributed by atoms with Crippen LogP contribution in [-0.4, -0.2) is 54.9 Å². The van der Waals surface area contributed by atoms with Gasteiger partial charge in [-0.1, -0.05) is 0 Å². The monoisotopic (exact) mass is 401 g/mol. The summed E-state index contributed by atoms with van der Waals surface area (Å²) in [5.41, 5.74) is -0.711. The fourth-order valence-electron chi connectivity index (χ4n) is 1.82. The lowest BCUT2D eigenvalue weighted by atomic mass is 10.1. The van der Waals surface area contributed by atoms with Crippen molar-refractivity contribution in [3.05, 3.63) is 27.8 Å². The van der Waals surface area contributed by atoms with Gasteiger partial charge < -0.3 is 24.1 Å². The van der Waals surface area contributed by atoms with Crippen LogP contribution in [0.1, 0.15) is 37.6 Å². The third kappa shape index (κ3) is 8.83. The second-order valence-corrected chi connectivity index (χ2v) is 4.92. The molecule has 0 fully saturated rings. The van der Waals surface area contributed by atoms with E-state index in [1.807, 2.05) is 0 Å². The van der Waals surface area contributed by atoms with Crippen molar-refractivity contribution in [3.8, 4) is 11.5 Å². The first-order valence-electron chi connectivity index (χ1n) is 8.19. The number of carboxylic acid groups (broad SMARTS) is 1. The van der Waals surface area contributed by atoms with Crippen molar-refractivity contribution in [1.29, 1.82) is 0 Å². The first kappa shape index (κ1) is 24.6. The van der Waals surface area contributed by atoms with E-state index in [2.05, 4.69) is 0 Å². The van der Waals surface area contributed by atoms with Gasteiger partial charge in [-0.05, 0) is 13.8 Å². The molecule has 0 heterocycles. The van der Waals surface area contributed by atoms with Crippen LogP contribution in [0.3, 0.4) is 0 Å². The molecule has 1 rings (SSSR count). The minimum absolute atomic E-state index is 0.0112. The molecule has 1 aromatic carbocycles. The number of ether oxygens (including phenoxy) is 4. The molecule has 0 unspecified atom stereocenters. The summed E-state index contributed by atoms with van der Waals surface area (Å²) < 4.78 is 20.0. The van der Waals surface area contributed by atoms with E-state index in [4.69, 9.17) is 28.8 Å². The summed E-state index contributed by atoms with van der Waals surface area (Å²) in [4.78, 5) is 42.6. The van der Waals surface area contributed by atoms with Crippen LogP contribution in [0.4, 0.5) is 5.69 Å². The average Bonchev–Trinajstić information content (AvgIpc) is 2.61. The lowest BCUT2D eigenvalue weighted by Gasteiger charge is -2.12. The Hall–Kier alpha value is -3.37. The van der Waals surface area contributed by atoms with Crippen molar-refractivity contribution in [2.45, 2.75) is 27.2 Å². The molecule has 0 aromatic heterocycles. The van der Waals surface area contributed by atoms with Crippen LogP contribution in [0, 0.1) is 10.1 Å². The van der Waals surface area contributed by atoms with Crippen LogP contribution >= 0.6 is 0 Å². The van der Waals surface area contributed by atoms with Crippen molar-refractivity contribution >= 4 is 23.6 Å². The number of hydrogen-bond donors (Lipinski definition) is 1. The topological polar surface area (TPSA) is 152 Å². The number of aliphatic carboxylic acids is 1. The Morgan fingerprint density at radius 2 is 1.68 bits per heavy atom. The Bertz CT molecular complexity index is 697. The second-order valence-electron chi connectivity index (χ2n) is 4.92. The van der Waals surface area contributed by atoms with E-state index in [1.165, 1.54) is 13.2 Å². The van der Waals surface area contributed by atoms with Gasteiger partial charge >= 0.3 is 11.9 Å². The van der Waals surface area contributed by atoms with Gasteiger partial charge in [-0.15, -0.1) is 0 Å². The highest BCUT2D eigenvalue weighted by Crippen LogP contribution is 2.35. The standard InChI is InChI=1S/C15H19NO8.C2H4O2/c1-4-22-14(17)6-7-24-13-8-10(15(18)23-5-2)11(16(19)20)9-12(13)21-3;1-2(3)4/h8-9H,4-7H2,1-3H3;1H3,(H,3,4). The zero-order valence-electron chi connectivity index (χ0n) is 16.1. The lowest BCUT2D eigenvalue weighted by Crippen LogP contribution is -2.12. The largest absolute Gasteiger partial charge is 0.493 e. The van der Waals surface area contributed by atoms with Gasteiger partial charge in [0.2, 0.25) is 0 Å². The van der Waals surface area contributed by atoms with Gasteiger partial charge in [0.15, 0.2) is 11.5 Å². The second kappa shape index (κ2) is 12.9. The molecule has 0 aliphatic carbocycles. The molecule has 0 aliphatic rings. The van der Waals surface area contributed by atoms with Crippen LogP contribution in [0.2, 0.25) is 0 Å². The summed E-state index contributed by atoms with van der Waals surface area (Å²) >= 11 is 0. The zero-order valence-corrected chi connectivity index (χ0v) is 16.1. The maximum atomic E-state index is 11.9. The van der Waals surface area contributed by atoms with E-state index in [-0.39, 0.29) is 43.3 Å². The van der Waals surface area contributed by atoms with Crippen LogP contribution in [0.25, 0.3) is 0 Å². The van der Waals surface area contributed by atoms with Crippen molar-refractivity contribution in [2.75, 3.05) is 26.9 Å². The fraction of sp³-hybridized carbons (Fsp3) is 0.471. The Morgan fingerprint density at radius 3 is 2.14 bits per heavy atom. The van der Waals surface area contributed by atoms with E-state index in [0.29, 0.717) is 0 Å². The number of nitro groups is 1. The number of carboxylic acids is 1. The zero-order chi connectivity index (χ0) is 21.7. The van der Waals surface area contributed by atoms with Gasteiger partial charge in [0.05, 0.1) is 44.3 Å². The van der Waals surface area contributed by atoms with E-state index >= 15 is 0 Å². The highest BCUT2D eigenvalue weighted by Gasteiger charge is 2.25. The third-order valence-electron chi connectivity index (χ3n) is 2.84. The number of carbonyl (C=O) groups is 3. The molecule has 0 bridgehead atoms. The van der Waals surface area contributed by atoms with Crippen LogP contribution in [0.15, 0.2) is 12.1 Å². The molecule has 0 aliphatic heterocycles. The number of nitro benzene ring substituents is 1. The molecular formula is C17H23NO10. The summed E-state index contributed by atoms with van der Waals surface area (Å²) in [5, 5.41) is 18.5. The van der Waals surface area contributed by atoms with Gasteiger partial charge in [0, 0.05) is 13.0 Å². The molecule has 11 nitrogen and oxygen atoms in total. The first-order chi connectivity index (χ1) is 13.2. The molecule has 1 aromatic rings. The Morgan fingerprint density at radius 1 is 1.11 bits per heavy atom. The van der Waals surface area contributed by atoms with Crippen molar-refractivity contribution in [3.63, 3.8) is 0 Å². The molecule has 11 heteroatoms. The van der Waals surface area contributed by atoms with Gasteiger partial charge in [-0.25, -0.2) is 4.79 Å². The predicted octanol–water partition coefficient (Wildman–Crippen LogP) is 2.20. The van der Waals surface area contributed by atoms with Crippen LogP contribution in [-0.2, 0) is 19.1 Å². The summed E-state index contributed by atoms with van der Waals surface area (Å²) in [7, 11) is 1.31. The number of benzene rings is 1. The highest BCUT2D eigenvalue weighted by atomic mass is 16.6. The molecule has 28 heavy (non-hydrogen) atoms. The Labute approximate surface area is 161 Å². The van der Waals surface area contributed by atoms with E-state index in [0.717, 1.165) is 13.0 Å². The number of rotatable bonds is 9. The van der Waals surface area contributed by atoms with Crippen molar-refractivity contribution in [1.82, 2.24) is 0 Å². The molecule has 0 atom stereocenters. The van der Waals surface area contributed by atoms with Crippen molar-refractivity contribution in [2.24, 2.45) is 0 Å². The maximum Gasteiger partial charge on any atom is 0.345 e. The number of esters is 2. The Kier molecular flexibility index (Phi) is 11.3. The fourth-order valence-corrected chi connectivity index (χ4v) is 1.82. The molecule has 156 valence electrons. The van der Waals surface area contributed by atoms with Crippen LogP contribution < -0.4 is 9.47 Å². The maximum absolute atomic E-state index is 11.9. The molecule has 0 spiro atoms. The SMILES string of the molecule is CC(=O)O.CCOC(=O)CCOc1cc(C(=O)OCC)c([N+](=O)[O-])cc1OC. The number of carbonyl (C=O) groups excluding carboxylic acids is 2. The summed E-state index contributed by atoms with van der Waals surface area (Å²) in [5.74, 6) is -1.96. The molecule has 0 radical (unpaired) electrons. The van der Waals surface area contributed by atoms with Gasteiger partial charge in [-0.3, -0.25) is 19.7 Å². The van der Waals surface area contributed by atoms with E-state index in [1.54, 1.807) is 13.8 Å².